The molecule has 1 aromatic heterocycles. The number of halogens is 1. The van der Waals surface area contributed by atoms with Gasteiger partial charge in [0.15, 0.2) is 0 Å². The molecule has 0 amide bonds. The average Bonchev–Trinajstić information content (AvgIpc) is 2.59. The highest BCUT2D eigenvalue weighted by Crippen LogP contribution is 2.36. The zero-order valence-corrected chi connectivity index (χ0v) is 12.7. The van der Waals surface area contributed by atoms with Gasteiger partial charge < -0.3 is 9.31 Å². The van der Waals surface area contributed by atoms with Gasteiger partial charge in [-0.3, -0.25) is 0 Å². The summed E-state index contributed by atoms with van der Waals surface area (Å²) in [6, 6.07) is 5.79. The first kappa shape index (κ1) is 13.8. The summed E-state index contributed by atoms with van der Waals surface area (Å²) in [6.07, 6.45) is 1.46. The zero-order chi connectivity index (χ0) is 14.5. The van der Waals surface area contributed by atoms with Crippen LogP contribution in [0.3, 0.4) is 0 Å². The third kappa shape index (κ3) is 2.10. The van der Waals surface area contributed by atoms with Crippen molar-refractivity contribution >= 4 is 35.1 Å². The number of nitrogens with zero attached hydrogens (tertiary/aromatic N) is 2. The minimum absolute atomic E-state index is 0.358. The number of rotatable bonds is 1. The summed E-state index contributed by atoms with van der Waals surface area (Å²) in [5.41, 5.74) is 1.02. The molecule has 0 atom stereocenters. The fourth-order valence-corrected chi connectivity index (χ4v) is 2.36. The Balaban J connectivity index is 2.02. The zero-order valence-electron chi connectivity index (χ0n) is 12.0. The molecule has 1 saturated heterocycles. The van der Waals surface area contributed by atoms with Crippen molar-refractivity contribution in [3.63, 3.8) is 0 Å². The second-order valence-electron chi connectivity index (χ2n) is 6.03. The number of hydrogen-bond acceptors (Lipinski definition) is 4. The Kier molecular flexibility index (Phi) is 3.05. The molecule has 6 heteroatoms. The topological polar surface area (TPSA) is 44.2 Å². The first-order chi connectivity index (χ1) is 9.30. The van der Waals surface area contributed by atoms with Crippen molar-refractivity contribution in [1.29, 1.82) is 0 Å². The number of fused-ring (bicyclic) bond motifs is 1. The molecule has 1 aromatic carbocycles. The highest BCUT2D eigenvalue weighted by atomic mass is 35.5. The second kappa shape index (κ2) is 4.42. The second-order valence-corrected chi connectivity index (χ2v) is 6.39. The molecule has 104 valence electrons. The lowest BCUT2D eigenvalue weighted by molar-refractivity contribution is 0.00578. The Bertz CT molecular complexity index is 659. The fourth-order valence-electron chi connectivity index (χ4n) is 2.17. The van der Waals surface area contributed by atoms with Crippen molar-refractivity contribution in [2.75, 3.05) is 0 Å². The van der Waals surface area contributed by atoms with E-state index in [1.54, 1.807) is 0 Å². The van der Waals surface area contributed by atoms with Gasteiger partial charge in [-0.2, -0.15) is 0 Å². The molecule has 0 saturated carbocycles. The molecular weight excluding hydrogens is 274 g/mol. The Hall–Kier alpha value is -1.17. The molecular formula is C14H16BClN2O2. The van der Waals surface area contributed by atoms with Crippen LogP contribution in [-0.2, 0) is 9.31 Å². The van der Waals surface area contributed by atoms with Gasteiger partial charge in [-0.25, -0.2) is 9.97 Å². The maximum Gasteiger partial charge on any atom is 0.494 e. The number of benzene rings is 1. The van der Waals surface area contributed by atoms with Crippen LogP contribution in [0.5, 0.6) is 0 Å². The quantitative estimate of drug-likeness (QED) is 0.598. The van der Waals surface area contributed by atoms with Gasteiger partial charge in [0, 0.05) is 5.39 Å². The summed E-state index contributed by atoms with van der Waals surface area (Å²) in [5, 5.41) is 1.25. The predicted molar refractivity (Wildman–Crippen MR) is 80.3 cm³/mol. The fraction of sp³-hybridized carbons (Fsp3) is 0.429. The molecule has 0 bridgehead atoms. The molecule has 2 heterocycles. The van der Waals surface area contributed by atoms with E-state index in [1.807, 2.05) is 45.9 Å². The van der Waals surface area contributed by atoms with Crippen molar-refractivity contribution in [3.8, 4) is 0 Å². The molecule has 0 spiro atoms. The average molecular weight is 291 g/mol. The number of hydrogen-bond donors (Lipinski definition) is 0. The minimum atomic E-state index is -0.402. The van der Waals surface area contributed by atoms with E-state index in [9.17, 15) is 0 Å². The van der Waals surface area contributed by atoms with Gasteiger partial charge in [-0.05, 0) is 45.3 Å². The van der Waals surface area contributed by atoms with Gasteiger partial charge in [0.05, 0.1) is 16.7 Å². The lowest BCUT2D eigenvalue weighted by Gasteiger charge is -2.32. The summed E-state index contributed by atoms with van der Waals surface area (Å²) < 4.78 is 12.1. The van der Waals surface area contributed by atoms with Crippen molar-refractivity contribution in [2.45, 2.75) is 38.9 Å². The molecule has 1 fully saturated rings. The molecule has 1 aliphatic heterocycles. The van der Waals surface area contributed by atoms with E-state index in [4.69, 9.17) is 20.9 Å². The molecule has 0 unspecified atom stereocenters. The van der Waals surface area contributed by atoms with Crippen LogP contribution in [0.1, 0.15) is 27.7 Å². The van der Waals surface area contributed by atoms with Gasteiger partial charge in [0.1, 0.15) is 11.5 Å². The Labute approximate surface area is 123 Å². The van der Waals surface area contributed by atoms with Gasteiger partial charge in [0.25, 0.3) is 0 Å². The van der Waals surface area contributed by atoms with Crippen molar-refractivity contribution in [3.05, 3.63) is 29.7 Å². The maximum atomic E-state index is 6.12. The molecule has 0 aliphatic carbocycles. The van der Waals surface area contributed by atoms with Crippen molar-refractivity contribution < 1.29 is 9.31 Å². The standard InChI is InChI=1S/C14H16BClN2O2/c1-13(2)14(3,4)20-15(19-13)9-5-6-11-10(7-9)12(16)18-8-17-11/h5-8H,1-4H3. The van der Waals surface area contributed by atoms with Crippen LogP contribution in [0.4, 0.5) is 0 Å². The van der Waals surface area contributed by atoms with E-state index in [-0.39, 0.29) is 11.2 Å². The van der Waals surface area contributed by atoms with E-state index in [1.165, 1.54) is 6.33 Å². The summed E-state index contributed by atoms with van der Waals surface area (Å²) in [5.74, 6) is 0. The van der Waals surface area contributed by atoms with Crippen LogP contribution in [0.25, 0.3) is 10.9 Å². The summed E-state index contributed by atoms with van der Waals surface area (Å²) in [4.78, 5) is 8.19. The van der Waals surface area contributed by atoms with Crippen LogP contribution >= 0.6 is 11.6 Å². The Morgan fingerprint density at radius 3 is 2.35 bits per heavy atom. The molecule has 0 radical (unpaired) electrons. The van der Waals surface area contributed by atoms with Gasteiger partial charge in [-0.1, -0.05) is 17.7 Å². The van der Waals surface area contributed by atoms with E-state index in [0.29, 0.717) is 5.15 Å². The third-order valence-electron chi connectivity index (χ3n) is 4.14. The lowest BCUT2D eigenvalue weighted by atomic mass is 9.78. The van der Waals surface area contributed by atoms with Crippen molar-refractivity contribution in [1.82, 2.24) is 9.97 Å². The maximum absolute atomic E-state index is 6.12. The Morgan fingerprint density at radius 2 is 1.70 bits per heavy atom. The summed E-state index contributed by atoms with van der Waals surface area (Å²) in [6.45, 7) is 8.13. The van der Waals surface area contributed by atoms with E-state index >= 15 is 0 Å². The smallest absolute Gasteiger partial charge is 0.399 e. The Morgan fingerprint density at radius 1 is 1.05 bits per heavy atom. The summed E-state index contributed by atoms with van der Waals surface area (Å²) in [7, 11) is -0.402. The minimum Gasteiger partial charge on any atom is -0.399 e. The van der Waals surface area contributed by atoms with Crippen molar-refractivity contribution in [2.24, 2.45) is 0 Å². The largest absolute Gasteiger partial charge is 0.494 e. The molecule has 1 aliphatic rings. The monoisotopic (exact) mass is 290 g/mol. The van der Waals surface area contributed by atoms with E-state index < -0.39 is 7.12 Å². The van der Waals surface area contributed by atoms with Crippen LogP contribution < -0.4 is 5.46 Å². The van der Waals surface area contributed by atoms with Gasteiger partial charge >= 0.3 is 7.12 Å². The normalized spacial score (nSPS) is 20.6. The van der Waals surface area contributed by atoms with Crippen LogP contribution in [0.2, 0.25) is 5.15 Å². The molecule has 0 N–H and O–H groups in total. The molecule has 3 rings (SSSR count). The first-order valence-electron chi connectivity index (χ1n) is 6.56. The SMILES string of the molecule is CC1(C)OB(c2ccc3ncnc(Cl)c3c2)OC1(C)C. The van der Waals surface area contributed by atoms with Crippen LogP contribution in [0, 0.1) is 0 Å². The lowest BCUT2D eigenvalue weighted by Crippen LogP contribution is -2.41. The van der Waals surface area contributed by atoms with Crippen LogP contribution in [-0.4, -0.2) is 28.3 Å². The molecule has 4 nitrogen and oxygen atoms in total. The first-order valence-corrected chi connectivity index (χ1v) is 6.94. The predicted octanol–water partition coefficient (Wildman–Crippen LogP) is 2.58. The van der Waals surface area contributed by atoms with Gasteiger partial charge in [-0.15, -0.1) is 0 Å². The third-order valence-corrected chi connectivity index (χ3v) is 4.44. The number of aromatic nitrogens is 2. The summed E-state index contributed by atoms with van der Waals surface area (Å²) >= 11 is 6.12. The molecule has 20 heavy (non-hydrogen) atoms. The molecule has 2 aromatic rings. The highest BCUT2D eigenvalue weighted by molar-refractivity contribution is 6.62. The van der Waals surface area contributed by atoms with Crippen LogP contribution in [0.15, 0.2) is 24.5 Å². The highest BCUT2D eigenvalue weighted by Gasteiger charge is 2.51. The van der Waals surface area contributed by atoms with E-state index in [2.05, 4.69) is 9.97 Å². The van der Waals surface area contributed by atoms with E-state index in [0.717, 1.165) is 16.4 Å². The van der Waals surface area contributed by atoms with Gasteiger partial charge in [0.2, 0.25) is 0 Å².